The maximum absolute atomic E-state index is 12.6. The molecule has 7 heteroatoms. The molecule has 0 aliphatic carbocycles. The lowest BCUT2D eigenvalue weighted by atomic mass is 9.91. The SMILES string of the molecule is CC[C@@H]1CN(c2cc(=O)n(C)c3ccc(C#N)nc23)CC[C@H]1Oc1ccc(OC(C)C)cc1. The van der Waals surface area contributed by atoms with E-state index < -0.39 is 0 Å². The van der Waals surface area contributed by atoms with Crippen LogP contribution in [0.5, 0.6) is 11.5 Å². The molecule has 0 N–H and O–H groups in total. The summed E-state index contributed by atoms with van der Waals surface area (Å²) in [5.41, 5.74) is 2.46. The minimum absolute atomic E-state index is 0.0841. The second-order valence-corrected chi connectivity index (χ2v) is 8.80. The van der Waals surface area contributed by atoms with Gasteiger partial charge in [0.05, 0.1) is 17.3 Å². The first-order valence-electron chi connectivity index (χ1n) is 11.5. The zero-order valence-electron chi connectivity index (χ0n) is 19.6. The molecule has 0 unspecified atom stereocenters. The van der Waals surface area contributed by atoms with Crippen LogP contribution in [0.4, 0.5) is 5.69 Å². The average molecular weight is 447 g/mol. The minimum Gasteiger partial charge on any atom is -0.491 e. The van der Waals surface area contributed by atoms with Gasteiger partial charge in [-0.25, -0.2) is 4.98 Å². The Morgan fingerprint density at radius 3 is 2.58 bits per heavy atom. The predicted octanol–water partition coefficient (Wildman–Crippen LogP) is 4.28. The van der Waals surface area contributed by atoms with Gasteiger partial charge in [0, 0.05) is 38.5 Å². The molecule has 3 aromatic rings. The lowest BCUT2D eigenvalue weighted by molar-refractivity contribution is 0.109. The second-order valence-electron chi connectivity index (χ2n) is 8.80. The molecule has 2 aromatic heterocycles. The van der Waals surface area contributed by atoms with Gasteiger partial charge in [0.15, 0.2) is 0 Å². The van der Waals surface area contributed by atoms with E-state index in [1.807, 2.05) is 38.1 Å². The predicted molar refractivity (Wildman–Crippen MR) is 129 cm³/mol. The fourth-order valence-electron chi connectivity index (χ4n) is 4.44. The van der Waals surface area contributed by atoms with Gasteiger partial charge in [-0.05, 0) is 56.7 Å². The van der Waals surface area contributed by atoms with Gasteiger partial charge in [0.25, 0.3) is 5.56 Å². The van der Waals surface area contributed by atoms with Gasteiger partial charge in [-0.1, -0.05) is 6.92 Å². The Kier molecular flexibility index (Phi) is 6.55. The van der Waals surface area contributed by atoms with Crippen molar-refractivity contribution in [3.8, 4) is 17.6 Å². The first kappa shape index (κ1) is 22.7. The third-order valence-electron chi connectivity index (χ3n) is 6.20. The Morgan fingerprint density at radius 2 is 1.91 bits per heavy atom. The topological polar surface area (TPSA) is 80.4 Å². The quantitative estimate of drug-likeness (QED) is 0.562. The van der Waals surface area contributed by atoms with E-state index in [1.54, 1.807) is 29.8 Å². The Bertz CT molecular complexity index is 1230. The van der Waals surface area contributed by atoms with Gasteiger partial charge in [-0.2, -0.15) is 5.26 Å². The number of rotatable bonds is 6. The molecule has 7 nitrogen and oxygen atoms in total. The van der Waals surface area contributed by atoms with E-state index in [1.165, 1.54) is 0 Å². The Balaban J connectivity index is 1.56. The van der Waals surface area contributed by atoms with Crippen LogP contribution < -0.4 is 19.9 Å². The highest BCUT2D eigenvalue weighted by Gasteiger charge is 2.31. The Labute approximate surface area is 194 Å². The molecular formula is C26H30N4O3. The summed E-state index contributed by atoms with van der Waals surface area (Å²) in [5.74, 6) is 1.96. The molecule has 0 spiro atoms. The van der Waals surface area contributed by atoms with Gasteiger partial charge >= 0.3 is 0 Å². The van der Waals surface area contributed by atoms with Crippen LogP contribution in [0.25, 0.3) is 11.0 Å². The third-order valence-corrected chi connectivity index (χ3v) is 6.20. The molecule has 1 aliphatic heterocycles. The smallest absolute Gasteiger partial charge is 0.252 e. The number of ether oxygens (including phenoxy) is 2. The number of benzene rings is 1. The summed E-state index contributed by atoms with van der Waals surface area (Å²) in [6.45, 7) is 7.68. The molecule has 0 saturated carbocycles. The van der Waals surface area contributed by atoms with Crippen LogP contribution in [-0.4, -0.2) is 34.8 Å². The van der Waals surface area contributed by atoms with E-state index in [2.05, 4.69) is 22.9 Å². The van der Waals surface area contributed by atoms with Crippen molar-refractivity contribution in [1.29, 1.82) is 5.26 Å². The number of fused-ring (bicyclic) bond motifs is 1. The van der Waals surface area contributed by atoms with Crippen LogP contribution in [0.15, 0.2) is 47.3 Å². The molecular weight excluding hydrogens is 416 g/mol. The normalized spacial score (nSPS) is 18.4. The van der Waals surface area contributed by atoms with Crippen LogP contribution in [0, 0.1) is 17.2 Å². The number of nitriles is 1. The van der Waals surface area contributed by atoms with E-state index in [4.69, 9.17) is 9.47 Å². The number of hydrogen-bond acceptors (Lipinski definition) is 6. The molecule has 172 valence electrons. The summed E-state index contributed by atoms with van der Waals surface area (Å²) in [6.07, 6.45) is 2.01. The Hall–Kier alpha value is -3.53. The van der Waals surface area contributed by atoms with Gasteiger partial charge in [-0.15, -0.1) is 0 Å². The highest BCUT2D eigenvalue weighted by atomic mass is 16.5. The minimum atomic E-state index is -0.0841. The van der Waals surface area contributed by atoms with Crippen LogP contribution in [0.1, 0.15) is 39.3 Å². The molecule has 0 amide bonds. The van der Waals surface area contributed by atoms with Gasteiger partial charge in [-0.3, -0.25) is 4.79 Å². The van der Waals surface area contributed by atoms with Crippen molar-refractivity contribution in [2.24, 2.45) is 13.0 Å². The number of aromatic nitrogens is 2. The highest BCUT2D eigenvalue weighted by Crippen LogP contribution is 2.32. The number of hydrogen-bond donors (Lipinski definition) is 0. The fourth-order valence-corrected chi connectivity index (χ4v) is 4.44. The van der Waals surface area contributed by atoms with Crippen molar-refractivity contribution in [3.63, 3.8) is 0 Å². The number of piperidine rings is 1. The molecule has 2 atom stereocenters. The fraction of sp³-hybridized carbons (Fsp3) is 0.423. The first-order chi connectivity index (χ1) is 15.9. The maximum Gasteiger partial charge on any atom is 0.252 e. The van der Waals surface area contributed by atoms with Crippen molar-refractivity contribution in [3.05, 3.63) is 58.5 Å². The summed E-state index contributed by atoms with van der Waals surface area (Å²) in [7, 11) is 1.73. The lowest BCUT2D eigenvalue weighted by Gasteiger charge is -2.39. The van der Waals surface area contributed by atoms with Crippen LogP contribution in [0.3, 0.4) is 0 Å². The molecule has 3 heterocycles. The van der Waals surface area contributed by atoms with E-state index in [0.29, 0.717) is 17.1 Å². The monoisotopic (exact) mass is 446 g/mol. The number of pyridine rings is 2. The van der Waals surface area contributed by atoms with Crippen molar-refractivity contribution in [2.45, 2.75) is 45.8 Å². The Morgan fingerprint density at radius 1 is 1.18 bits per heavy atom. The summed E-state index contributed by atoms with van der Waals surface area (Å²) in [6, 6.07) is 15.0. The highest BCUT2D eigenvalue weighted by molar-refractivity contribution is 5.88. The average Bonchev–Trinajstić information content (AvgIpc) is 2.82. The summed E-state index contributed by atoms with van der Waals surface area (Å²) < 4.78 is 13.7. The number of aryl methyl sites for hydroxylation is 1. The number of anilines is 1. The summed E-state index contributed by atoms with van der Waals surface area (Å²) >= 11 is 0. The zero-order valence-corrected chi connectivity index (χ0v) is 19.6. The summed E-state index contributed by atoms with van der Waals surface area (Å²) in [5, 5.41) is 9.32. The van der Waals surface area contributed by atoms with E-state index >= 15 is 0 Å². The molecule has 1 saturated heterocycles. The molecule has 0 radical (unpaired) electrons. The molecule has 1 aliphatic rings. The van der Waals surface area contributed by atoms with Crippen molar-refractivity contribution < 1.29 is 9.47 Å². The number of nitrogens with zero attached hydrogens (tertiary/aromatic N) is 4. The van der Waals surface area contributed by atoms with Crippen molar-refractivity contribution in [2.75, 3.05) is 18.0 Å². The van der Waals surface area contributed by atoms with Gasteiger partial charge < -0.3 is 18.9 Å². The van der Waals surface area contributed by atoms with Crippen molar-refractivity contribution in [1.82, 2.24) is 9.55 Å². The van der Waals surface area contributed by atoms with Crippen LogP contribution in [0.2, 0.25) is 0 Å². The molecule has 33 heavy (non-hydrogen) atoms. The molecule has 4 rings (SSSR count). The van der Waals surface area contributed by atoms with Gasteiger partial charge in [0.2, 0.25) is 0 Å². The van der Waals surface area contributed by atoms with E-state index in [9.17, 15) is 10.1 Å². The second kappa shape index (κ2) is 9.53. The first-order valence-corrected chi connectivity index (χ1v) is 11.5. The zero-order chi connectivity index (χ0) is 23.5. The standard InChI is InChI=1S/C26H30N4O3/c1-5-18-16-30(13-12-24(18)33-21-9-7-20(8-10-21)32-17(2)3)23-14-25(31)29(4)22-11-6-19(15-27)28-26(22)23/h6-11,14,17-18,24H,5,12-13,16H2,1-4H3/t18-,24-/m1/s1. The third kappa shape index (κ3) is 4.80. The van der Waals surface area contributed by atoms with Crippen LogP contribution in [-0.2, 0) is 7.05 Å². The summed E-state index contributed by atoms with van der Waals surface area (Å²) in [4.78, 5) is 19.4. The largest absolute Gasteiger partial charge is 0.491 e. The van der Waals surface area contributed by atoms with E-state index in [0.717, 1.165) is 48.6 Å². The maximum atomic E-state index is 12.6. The lowest BCUT2D eigenvalue weighted by Crippen LogP contribution is -2.46. The van der Waals surface area contributed by atoms with E-state index in [-0.39, 0.29) is 17.8 Å². The molecule has 1 fully saturated rings. The molecule has 0 bridgehead atoms. The molecule has 1 aromatic carbocycles. The van der Waals surface area contributed by atoms with Crippen LogP contribution >= 0.6 is 0 Å². The van der Waals surface area contributed by atoms with Gasteiger partial charge in [0.1, 0.15) is 34.9 Å². The van der Waals surface area contributed by atoms with Crippen molar-refractivity contribution >= 4 is 16.7 Å².